The van der Waals surface area contributed by atoms with E-state index in [9.17, 15) is 14.7 Å². The summed E-state index contributed by atoms with van der Waals surface area (Å²) in [5.41, 5.74) is 4.88. The van der Waals surface area contributed by atoms with E-state index in [1.807, 2.05) is 37.3 Å². The van der Waals surface area contributed by atoms with Crippen molar-refractivity contribution in [2.75, 3.05) is 5.32 Å². The molecule has 2 amide bonds. The molecular formula is C29H29N5O3. The van der Waals surface area contributed by atoms with Gasteiger partial charge in [-0.2, -0.15) is 9.78 Å². The Morgan fingerprint density at radius 2 is 1.81 bits per heavy atom. The summed E-state index contributed by atoms with van der Waals surface area (Å²) in [6.07, 6.45) is 7.31. The number of carbonyl (C=O) groups excluding carboxylic acids is 2. The first-order chi connectivity index (χ1) is 18.0. The first kappa shape index (κ1) is 24.2. The van der Waals surface area contributed by atoms with Crippen molar-refractivity contribution in [3.8, 4) is 17.0 Å². The van der Waals surface area contributed by atoms with E-state index in [1.54, 1.807) is 36.7 Å². The van der Waals surface area contributed by atoms with Gasteiger partial charge in [-0.25, -0.2) is 4.79 Å². The number of nitrogens with one attached hydrogen (secondary N) is 2. The fraction of sp³-hybridized carbons (Fsp3) is 0.241. The fourth-order valence-electron chi connectivity index (χ4n) is 4.80. The third kappa shape index (κ3) is 5.53. The number of phenols is 1. The molecule has 0 bridgehead atoms. The first-order valence-corrected chi connectivity index (χ1v) is 12.5. The van der Waals surface area contributed by atoms with Crippen LogP contribution in [0.25, 0.3) is 11.3 Å². The quantitative estimate of drug-likeness (QED) is 0.301. The Balaban J connectivity index is 1.42. The highest BCUT2D eigenvalue weighted by molar-refractivity contribution is 6.04. The molecule has 3 N–H and O–H groups in total. The Labute approximate surface area is 215 Å². The van der Waals surface area contributed by atoms with Gasteiger partial charge in [-0.15, -0.1) is 0 Å². The Morgan fingerprint density at radius 3 is 2.57 bits per heavy atom. The molecule has 5 rings (SSSR count). The van der Waals surface area contributed by atoms with Crippen LogP contribution in [0.1, 0.15) is 58.8 Å². The molecule has 0 aliphatic heterocycles. The second kappa shape index (κ2) is 10.7. The van der Waals surface area contributed by atoms with Crippen molar-refractivity contribution in [3.63, 3.8) is 0 Å². The SMILES string of the molecule is Cc1cccc(CNC(=O)n2nc(-c3cc(NC(=O)c4ccncc4)ccc3O)cc2C2CCCC2)c1. The summed E-state index contributed by atoms with van der Waals surface area (Å²) in [7, 11) is 0. The highest BCUT2D eigenvalue weighted by atomic mass is 16.3. The van der Waals surface area contributed by atoms with Crippen molar-refractivity contribution in [3.05, 3.63) is 95.4 Å². The molecule has 0 saturated heterocycles. The molecule has 37 heavy (non-hydrogen) atoms. The summed E-state index contributed by atoms with van der Waals surface area (Å²) in [6, 6.07) is 17.6. The third-order valence-electron chi connectivity index (χ3n) is 6.70. The Kier molecular flexibility index (Phi) is 6.98. The van der Waals surface area contributed by atoms with Crippen LogP contribution in [0.2, 0.25) is 0 Å². The van der Waals surface area contributed by atoms with E-state index in [0.29, 0.717) is 29.1 Å². The zero-order valence-electron chi connectivity index (χ0n) is 20.6. The van der Waals surface area contributed by atoms with E-state index in [-0.39, 0.29) is 23.6 Å². The maximum Gasteiger partial charge on any atom is 0.342 e. The summed E-state index contributed by atoms with van der Waals surface area (Å²) >= 11 is 0. The van der Waals surface area contributed by atoms with Gasteiger partial charge in [0.15, 0.2) is 0 Å². The number of rotatable bonds is 6. The zero-order valence-corrected chi connectivity index (χ0v) is 20.6. The molecule has 8 heteroatoms. The first-order valence-electron chi connectivity index (χ1n) is 12.5. The molecule has 2 aromatic heterocycles. The lowest BCUT2D eigenvalue weighted by Crippen LogP contribution is -2.30. The van der Waals surface area contributed by atoms with Crippen molar-refractivity contribution in [1.29, 1.82) is 0 Å². The average Bonchev–Trinajstić information content (AvgIpc) is 3.59. The molecule has 1 fully saturated rings. The van der Waals surface area contributed by atoms with Crippen LogP contribution >= 0.6 is 0 Å². The van der Waals surface area contributed by atoms with E-state index in [0.717, 1.165) is 42.5 Å². The van der Waals surface area contributed by atoms with Gasteiger partial charge in [-0.1, -0.05) is 42.7 Å². The van der Waals surface area contributed by atoms with Crippen LogP contribution in [0, 0.1) is 6.92 Å². The van der Waals surface area contributed by atoms with E-state index in [2.05, 4.69) is 20.7 Å². The summed E-state index contributed by atoms with van der Waals surface area (Å²) in [5, 5.41) is 21.1. The number of carbonyl (C=O) groups is 2. The molecule has 4 aromatic rings. The molecule has 2 aromatic carbocycles. The van der Waals surface area contributed by atoms with Crippen LogP contribution in [0.5, 0.6) is 5.75 Å². The van der Waals surface area contributed by atoms with Gasteiger partial charge in [-0.3, -0.25) is 9.78 Å². The maximum atomic E-state index is 13.2. The molecule has 0 atom stereocenters. The highest BCUT2D eigenvalue weighted by Gasteiger charge is 2.26. The number of amides is 2. The van der Waals surface area contributed by atoms with E-state index >= 15 is 0 Å². The summed E-state index contributed by atoms with van der Waals surface area (Å²) in [5.74, 6) is -0.0425. The normalized spacial score (nSPS) is 13.4. The summed E-state index contributed by atoms with van der Waals surface area (Å²) in [4.78, 5) is 29.8. The standard InChI is InChI=1S/C29H29N5O3/c1-19-5-4-6-20(15-19)18-31-29(37)34-26(21-7-2-3-8-21)17-25(33-34)24-16-23(9-10-27(24)35)32-28(36)22-11-13-30-14-12-22/h4-6,9-17,21,35H,2-3,7-8,18H2,1H3,(H,31,37)(H,32,36). The number of aromatic hydroxyl groups is 1. The number of nitrogens with zero attached hydrogens (tertiary/aromatic N) is 3. The maximum absolute atomic E-state index is 13.2. The van der Waals surface area contributed by atoms with Gasteiger partial charge in [0.1, 0.15) is 5.75 Å². The minimum Gasteiger partial charge on any atom is -0.507 e. The molecule has 0 unspecified atom stereocenters. The van der Waals surface area contributed by atoms with Crippen LogP contribution < -0.4 is 10.6 Å². The highest BCUT2D eigenvalue weighted by Crippen LogP contribution is 2.38. The molecule has 0 spiro atoms. The van der Waals surface area contributed by atoms with Crippen molar-refractivity contribution in [1.82, 2.24) is 20.1 Å². The van der Waals surface area contributed by atoms with Gasteiger partial charge in [0.05, 0.1) is 11.4 Å². The zero-order chi connectivity index (χ0) is 25.8. The van der Waals surface area contributed by atoms with E-state index in [4.69, 9.17) is 0 Å². The summed E-state index contributed by atoms with van der Waals surface area (Å²) < 4.78 is 1.43. The predicted octanol–water partition coefficient (Wildman–Crippen LogP) is 5.63. The van der Waals surface area contributed by atoms with Gasteiger partial charge in [0, 0.05) is 41.7 Å². The van der Waals surface area contributed by atoms with Gasteiger partial charge < -0.3 is 15.7 Å². The minimum atomic E-state index is -0.309. The number of anilines is 1. The lowest BCUT2D eigenvalue weighted by atomic mass is 10.0. The monoisotopic (exact) mass is 495 g/mol. The Morgan fingerprint density at radius 1 is 1.03 bits per heavy atom. The number of hydrogen-bond acceptors (Lipinski definition) is 5. The van der Waals surface area contributed by atoms with Crippen LogP contribution in [0.4, 0.5) is 10.5 Å². The van der Waals surface area contributed by atoms with Gasteiger partial charge in [0.2, 0.25) is 0 Å². The van der Waals surface area contributed by atoms with Crippen LogP contribution in [-0.4, -0.2) is 31.8 Å². The van der Waals surface area contributed by atoms with Crippen LogP contribution in [0.3, 0.4) is 0 Å². The third-order valence-corrected chi connectivity index (χ3v) is 6.70. The van der Waals surface area contributed by atoms with Crippen molar-refractivity contribution in [2.24, 2.45) is 0 Å². The number of pyridine rings is 1. The molecule has 8 nitrogen and oxygen atoms in total. The molecule has 2 heterocycles. The fourth-order valence-corrected chi connectivity index (χ4v) is 4.80. The predicted molar refractivity (Wildman–Crippen MR) is 142 cm³/mol. The molecule has 1 saturated carbocycles. The van der Waals surface area contributed by atoms with Gasteiger partial charge in [0.25, 0.3) is 5.91 Å². The number of benzene rings is 2. The topological polar surface area (TPSA) is 109 Å². The largest absolute Gasteiger partial charge is 0.507 e. The van der Waals surface area contributed by atoms with Crippen molar-refractivity contribution >= 4 is 17.6 Å². The lowest BCUT2D eigenvalue weighted by Gasteiger charge is -2.12. The van der Waals surface area contributed by atoms with Gasteiger partial charge in [-0.05, 0) is 61.7 Å². The lowest BCUT2D eigenvalue weighted by molar-refractivity contribution is 0.102. The molecular weight excluding hydrogens is 466 g/mol. The number of aryl methyl sites for hydroxylation is 1. The molecule has 1 aliphatic carbocycles. The van der Waals surface area contributed by atoms with E-state index < -0.39 is 0 Å². The number of aromatic nitrogens is 3. The second-order valence-electron chi connectivity index (χ2n) is 9.42. The average molecular weight is 496 g/mol. The molecule has 0 radical (unpaired) electrons. The molecule has 1 aliphatic rings. The van der Waals surface area contributed by atoms with Crippen molar-refractivity contribution < 1.29 is 14.7 Å². The summed E-state index contributed by atoms with van der Waals surface area (Å²) in [6.45, 7) is 2.41. The number of hydrogen-bond donors (Lipinski definition) is 3. The second-order valence-corrected chi connectivity index (χ2v) is 9.42. The van der Waals surface area contributed by atoms with Crippen LogP contribution in [0.15, 0.2) is 73.1 Å². The molecule has 188 valence electrons. The Bertz CT molecular complexity index is 1420. The number of phenolic OH excluding ortho intramolecular Hbond substituents is 1. The van der Waals surface area contributed by atoms with E-state index in [1.165, 1.54) is 10.7 Å². The van der Waals surface area contributed by atoms with Gasteiger partial charge >= 0.3 is 6.03 Å². The smallest absolute Gasteiger partial charge is 0.342 e. The Hall–Kier alpha value is -4.46. The minimum absolute atomic E-state index is 0.0182. The van der Waals surface area contributed by atoms with Crippen LogP contribution in [-0.2, 0) is 6.54 Å². The van der Waals surface area contributed by atoms with Crippen molar-refractivity contribution in [2.45, 2.75) is 45.1 Å².